The number of aromatic nitrogens is 2. The van der Waals surface area contributed by atoms with Crippen molar-refractivity contribution < 1.29 is 4.79 Å². The van der Waals surface area contributed by atoms with Gasteiger partial charge in [-0.3, -0.25) is 4.79 Å². The van der Waals surface area contributed by atoms with E-state index in [0.29, 0.717) is 6.54 Å². The molecule has 5 heteroatoms. The Morgan fingerprint density at radius 2 is 1.75 bits per heavy atom. The van der Waals surface area contributed by atoms with Crippen molar-refractivity contribution in [1.29, 1.82) is 0 Å². The molecular formula is C27H29N3OS. The molecule has 0 radical (unpaired) electrons. The normalized spacial score (nSPS) is 11.0. The highest BCUT2D eigenvalue weighted by molar-refractivity contribution is 7.13. The minimum Gasteiger partial charge on any atom is -0.342 e. The summed E-state index contributed by atoms with van der Waals surface area (Å²) in [6, 6.07) is 22.6. The lowest BCUT2D eigenvalue weighted by Gasteiger charge is -2.17. The van der Waals surface area contributed by atoms with Gasteiger partial charge in [-0.2, -0.15) is 0 Å². The van der Waals surface area contributed by atoms with E-state index in [9.17, 15) is 4.79 Å². The van der Waals surface area contributed by atoms with Gasteiger partial charge in [0.25, 0.3) is 5.91 Å². The largest absolute Gasteiger partial charge is 0.342 e. The Labute approximate surface area is 194 Å². The quantitative estimate of drug-likeness (QED) is 0.311. The average molecular weight is 444 g/mol. The Kier molecular flexibility index (Phi) is 6.86. The number of thiazole rings is 1. The molecule has 0 aliphatic heterocycles. The topological polar surface area (TPSA) is 38.1 Å². The van der Waals surface area contributed by atoms with Gasteiger partial charge in [-0.15, -0.1) is 11.3 Å². The lowest BCUT2D eigenvalue weighted by atomic mass is 10.2. The molecule has 4 nitrogen and oxygen atoms in total. The van der Waals surface area contributed by atoms with Crippen molar-refractivity contribution in [2.45, 2.75) is 33.2 Å². The molecule has 0 aliphatic rings. The Bertz CT molecular complexity index is 1180. The fraction of sp³-hybridized carbons (Fsp3) is 0.259. The monoisotopic (exact) mass is 443 g/mol. The van der Waals surface area contributed by atoms with Crippen LogP contribution in [0.25, 0.3) is 22.0 Å². The summed E-state index contributed by atoms with van der Waals surface area (Å²) < 4.78 is 2.22. The third-order valence-corrected chi connectivity index (χ3v) is 6.65. The van der Waals surface area contributed by atoms with Gasteiger partial charge in [0, 0.05) is 36.8 Å². The fourth-order valence-corrected chi connectivity index (χ4v) is 4.67. The van der Waals surface area contributed by atoms with Gasteiger partial charge in [0.15, 0.2) is 0 Å². The number of hydrogen-bond donors (Lipinski definition) is 0. The van der Waals surface area contributed by atoms with Gasteiger partial charge in [0.1, 0.15) is 5.01 Å². The van der Waals surface area contributed by atoms with E-state index in [0.717, 1.165) is 52.6 Å². The second kappa shape index (κ2) is 9.96. The first-order valence-corrected chi connectivity index (χ1v) is 12.0. The van der Waals surface area contributed by atoms with Crippen LogP contribution in [0, 0.1) is 6.92 Å². The molecule has 4 aromatic rings. The zero-order valence-electron chi connectivity index (χ0n) is 18.9. The number of rotatable bonds is 8. The first-order chi connectivity index (χ1) is 15.6. The predicted octanol–water partition coefficient (Wildman–Crippen LogP) is 6.51. The predicted molar refractivity (Wildman–Crippen MR) is 133 cm³/mol. The Balaban J connectivity index is 1.75. The van der Waals surface area contributed by atoms with Crippen molar-refractivity contribution in [2.75, 3.05) is 13.6 Å². The number of hydrogen-bond acceptors (Lipinski definition) is 3. The maximum Gasteiger partial charge on any atom is 0.255 e. The molecule has 0 aliphatic carbocycles. The zero-order chi connectivity index (χ0) is 22.5. The lowest BCUT2D eigenvalue weighted by Crippen LogP contribution is -2.28. The number of carbonyl (C=O) groups excluding carboxylic acids is 1. The maximum atomic E-state index is 13.2. The highest BCUT2D eigenvalue weighted by Crippen LogP contribution is 2.32. The van der Waals surface area contributed by atoms with Crippen LogP contribution in [0.5, 0.6) is 0 Å². The van der Waals surface area contributed by atoms with Gasteiger partial charge < -0.3 is 9.47 Å². The molecule has 2 heterocycles. The van der Waals surface area contributed by atoms with Crippen molar-refractivity contribution in [3.63, 3.8) is 0 Å². The van der Waals surface area contributed by atoms with Gasteiger partial charge in [0.2, 0.25) is 0 Å². The van der Waals surface area contributed by atoms with Crippen molar-refractivity contribution in [3.8, 4) is 22.0 Å². The van der Waals surface area contributed by atoms with E-state index in [4.69, 9.17) is 4.98 Å². The molecule has 2 aromatic carbocycles. The smallest absolute Gasteiger partial charge is 0.255 e. The van der Waals surface area contributed by atoms with Crippen LogP contribution in [0.1, 0.15) is 41.4 Å². The van der Waals surface area contributed by atoms with Crippen molar-refractivity contribution in [2.24, 2.45) is 0 Å². The van der Waals surface area contributed by atoms with E-state index in [1.165, 1.54) is 5.56 Å². The highest BCUT2D eigenvalue weighted by Gasteiger charge is 2.22. The van der Waals surface area contributed by atoms with Gasteiger partial charge in [-0.05, 0) is 25.0 Å². The van der Waals surface area contributed by atoms with Crippen LogP contribution in [0.2, 0.25) is 0 Å². The zero-order valence-corrected chi connectivity index (χ0v) is 19.7. The lowest BCUT2D eigenvalue weighted by molar-refractivity contribution is 0.0792. The second-order valence-electron chi connectivity index (χ2n) is 8.08. The molecule has 0 saturated heterocycles. The number of unbranched alkanes of at least 4 members (excludes halogenated alkanes) is 1. The van der Waals surface area contributed by atoms with E-state index >= 15 is 0 Å². The first-order valence-electron chi connectivity index (χ1n) is 11.1. The van der Waals surface area contributed by atoms with E-state index in [2.05, 4.69) is 53.3 Å². The molecule has 1 amide bonds. The Hall–Kier alpha value is -3.18. The van der Waals surface area contributed by atoms with Gasteiger partial charge in [-0.25, -0.2) is 4.98 Å². The maximum absolute atomic E-state index is 13.2. The highest BCUT2D eigenvalue weighted by atomic mass is 32.1. The van der Waals surface area contributed by atoms with Crippen LogP contribution < -0.4 is 0 Å². The SMILES string of the molecule is CCCCN(C)C(=O)c1cc(-c2csc(-c3ccccc3)n2)n(Cc2ccccc2)c1C. The van der Waals surface area contributed by atoms with Crippen LogP contribution in [0.4, 0.5) is 0 Å². The Morgan fingerprint density at radius 1 is 1.06 bits per heavy atom. The first kappa shape index (κ1) is 22.0. The molecule has 0 saturated carbocycles. The summed E-state index contributed by atoms with van der Waals surface area (Å²) in [5, 5.41) is 3.08. The Morgan fingerprint density at radius 3 is 2.44 bits per heavy atom. The molecule has 32 heavy (non-hydrogen) atoms. The number of carbonyl (C=O) groups is 1. The molecule has 0 unspecified atom stereocenters. The average Bonchev–Trinajstić information content (AvgIpc) is 3.44. The summed E-state index contributed by atoms with van der Waals surface area (Å²) in [5.41, 5.74) is 5.93. The summed E-state index contributed by atoms with van der Waals surface area (Å²) in [4.78, 5) is 20.0. The summed E-state index contributed by atoms with van der Waals surface area (Å²) in [6.07, 6.45) is 2.07. The van der Waals surface area contributed by atoms with E-state index in [1.54, 1.807) is 11.3 Å². The molecule has 0 atom stereocenters. The molecule has 2 aromatic heterocycles. The van der Waals surface area contributed by atoms with Gasteiger partial charge >= 0.3 is 0 Å². The van der Waals surface area contributed by atoms with E-state index in [-0.39, 0.29) is 5.91 Å². The summed E-state index contributed by atoms with van der Waals surface area (Å²) in [6.45, 7) is 5.65. The fourth-order valence-electron chi connectivity index (χ4n) is 3.85. The number of amides is 1. The minimum absolute atomic E-state index is 0.0718. The van der Waals surface area contributed by atoms with E-state index < -0.39 is 0 Å². The molecule has 0 spiro atoms. The van der Waals surface area contributed by atoms with Crippen molar-refractivity contribution in [1.82, 2.24) is 14.5 Å². The summed E-state index contributed by atoms with van der Waals surface area (Å²) >= 11 is 1.63. The standard InChI is InChI=1S/C27H29N3OS/c1-4-5-16-29(3)27(31)23-17-25(30(20(23)2)18-21-12-8-6-9-13-21)24-19-32-26(28-24)22-14-10-7-11-15-22/h6-15,17,19H,4-5,16,18H2,1-3H3. The summed E-state index contributed by atoms with van der Waals surface area (Å²) in [5.74, 6) is 0.0718. The van der Waals surface area contributed by atoms with Crippen LogP contribution in [-0.2, 0) is 6.54 Å². The molecule has 0 bridgehead atoms. The van der Waals surface area contributed by atoms with Gasteiger partial charge in [0.05, 0.1) is 17.0 Å². The second-order valence-corrected chi connectivity index (χ2v) is 8.94. The minimum atomic E-state index is 0.0718. The molecule has 164 valence electrons. The van der Waals surface area contributed by atoms with Crippen LogP contribution in [-0.4, -0.2) is 34.0 Å². The molecular weight excluding hydrogens is 414 g/mol. The van der Waals surface area contributed by atoms with Crippen molar-refractivity contribution in [3.05, 3.63) is 88.9 Å². The van der Waals surface area contributed by atoms with E-state index in [1.807, 2.05) is 49.2 Å². The number of nitrogens with zero attached hydrogens (tertiary/aromatic N) is 3. The molecule has 4 rings (SSSR count). The van der Waals surface area contributed by atoms with Crippen LogP contribution >= 0.6 is 11.3 Å². The number of benzene rings is 2. The van der Waals surface area contributed by atoms with Crippen molar-refractivity contribution >= 4 is 17.2 Å². The summed E-state index contributed by atoms with van der Waals surface area (Å²) in [7, 11) is 1.89. The molecule has 0 N–H and O–H groups in total. The van der Waals surface area contributed by atoms with Crippen LogP contribution in [0.3, 0.4) is 0 Å². The third-order valence-electron chi connectivity index (χ3n) is 5.76. The molecule has 0 fully saturated rings. The van der Waals surface area contributed by atoms with Gasteiger partial charge in [-0.1, -0.05) is 74.0 Å². The van der Waals surface area contributed by atoms with Crippen LogP contribution in [0.15, 0.2) is 72.1 Å². The third kappa shape index (κ3) is 4.68.